The van der Waals surface area contributed by atoms with E-state index in [2.05, 4.69) is 21.3 Å². The quantitative estimate of drug-likeness (QED) is 0.186. The van der Waals surface area contributed by atoms with Crippen molar-refractivity contribution in [3.63, 3.8) is 0 Å². The number of nitrogens with one attached hydrogen (secondary N) is 4. The van der Waals surface area contributed by atoms with Crippen LogP contribution < -0.4 is 21.3 Å². The predicted octanol–water partition coefficient (Wildman–Crippen LogP) is 2.96. The summed E-state index contributed by atoms with van der Waals surface area (Å²) in [5, 5.41) is 10.6. The molecule has 1 aliphatic heterocycles. The van der Waals surface area contributed by atoms with Crippen molar-refractivity contribution in [1.82, 2.24) is 31.1 Å². The van der Waals surface area contributed by atoms with Crippen LogP contribution in [-0.2, 0) is 33.5 Å². The van der Waals surface area contributed by atoms with Crippen LogP contribution in [0.3, 0.4) is 0 Å². The molecule has 1 unspecified atom stereocenters. The standard InChI is InChI=1S/C40H60N6O8/c1-9-10-16-28(33(48)36(50)41-20-29(47)43-31(37(51)45(7)8)24-14-12-11-13-15-24)42-35(49)32-30-26-18-17-25(19-26)27(30)21-46(32)38(52)34(40(4,5)6)44-39(53)54-22-23(2)3/h11-15,23,25-28,30-32,34H,9-10,16-22H2,1-8H3,(H,41,50)(H,42,49)(H,43,47)(H,44,53)/t25-,26-,27-,28+,30+,31?,32+,34-/m1/s1. The maximum atomic E-state index is 14.4. The van der Waals surface area contributed by atoms with Gasteiger partial charge in [-0.2, -0.15) is 0 Å². The largest absolute Gasteiger partial charge is 0.449 e. The van der Waals surface area contributed by atoms with E-state index in [9.17, 15) is 33.6 Å². The first-order chi connectivity index (χ1) is 25.4. The van der Waals surface area contributed by atoms with Crippen molar-refractivity contribution in [3.8, 4) is 0 Å². The van der Waals surface area contributed by atoms with Crippen LogP contribution in [0.2, 0.25) is 0 Å². The lowest BCUT2D eigenvalue weighted by Crippen LogP contribution is -2.60. The number of likely N-dealkylation sites (N-methyl/N-ethyl adjacent to an activating group) is 1. The third kappa shape index (κ3) is 10.2. The highest BCUT2D eigenvalue weighted by molar-refractivity contribution is 6.38. The lowest BCUT2D eigenvalue weighted by molar-refractivity contribution is -0.145. The minimum atomic E-state index is -1.19. The zero-order valence-corrected chi connectivity index (χ0v) is 33.1. The maximum Gasteiger partial charge on any atom is 0.407 e. The fourth-order valence-corrected chi connectivity index (χ4v) is 8.27. The monoisotopic (exact) mass is 752 g/mol. The second-order valence-electron chi connectivity index (χ2n) is 16.8. The molecule has 3 fully saturated rings. The first-order valence-corrected chi connectivity index (χ1v) is 19.4. The number of hydrogen-bond donors (Lipinski definition) is 4. The number of carbonyl (C=O) groups is 7. The molecule has 1 heterocycles. The van der Waals surface area contributed by atoms with Gasteiger partial charge in [-0.25, -0.2) is 4.79 Å². The average Bonchev–Trinajstić information content (AvgIpc) is 3.85. The summed E-state index contributed by atoms with van der Waals surface area (Å²) in [5.74, 6) is -3.15. The SMILES string of the molecule is CCCC[C@H](NC(=O)[C@@H]1[C@H]2[C@@H]3CC[C@H](C3)[C@H]2CN1C(=O)[C@@H](NC(=O)OCC(C)C)C(C)(C)C)C(=O)C(=O)NCC(=O)NC(C(=O)N(C)C)c1ccccc1. The second kappa shape index (κ2) is 18.2. The van der Waals surface area contributed by atoms with Crippen LogP contribution in [0.25, 0.3) is 0 Å². The van der Waals surface area contributed by atoms with Gasteiger partial charge >= 0.3 is 6.09 Å². The molecule has 3 aliphatic rings. The molecule has 2 aliphatic carbocycles. The molecule has 6 amide bonds. The average molecular weight is 753 g/mol. The van der Waals surface area contributed by atoms with E-state index in [1.54, 1.807) is 49.3 Å². The summed E-state index contributed by atoms with van der Waals surface area (Å²) in [5.41, 5.74) is -0.154. The van der Waals surface area contributed by atoms with Crippen molar-refractivity contribution in [2.75, 3.05) is 33.8 Å². The Morgan fingerprint density at radius 3 is 2.22 bits per heavy atom. The number of rotatable bonds is 16. The minimum absolute atomic E-state index is 0.106. The van der Waals surface area contributed by atoms with Gasteiger partial charge in [-0.15, -0.1) is 0 Å². The third-order valence-electron chi connectivity index (χ3n) is 11.0. The van der Waals surface area contributed by atoms with Gasteiger partial charge in [0, 0.05) is 20.6 Å². The number of ether oxygens (including phenoxy) is 1. The fraction of sp³-hybridized carbons (Fsp3) is 0.675. The van der Waals surface area contributed by atoms with E-state index in [4.69, 9.17) is 4.74 Å². The number of ketones is 1. The van der Waals surface area contributed by atoms with Crippen LogP contribution in [0, 0.1) is 35.0 Å². The summed E-state index contributed by atoms with van der Waals surface area (Å²) >= 11 is 0. The van der Waals surface area contributed by atoms with E-state index in [1.807, 2.05) is 41.5 Å². The number of hydrogen-bond acceptors (Lipinski definition) is 8. The molecule has 1 saturated heterocycles. The van der Waals surface area contributed by atoms with Crippen LogP contribution >= 0.6 is 0 Å². The van der Waals surface area contributed by atoms with Crippen molar-refractivity contribution in [2.45, 2.75) is 104 Å². The smallest absolute Gasteiger partial charge is 0.407 e. The van der Waals surface area contributed by atoms with Crippen molar-refractivity contribution in [3.05, 3.63) is 35.9 Å². The van der Waals surface area contributed by atoms with Gasteiger partial charge in [-0.1, -0.05) is 84.7 Å². The number of unbranched alkanes of at least 4 members (excludes halogenated alkanes) is 1. The van der Waals surface area contributed by atoms with Crippen molar-refractivity contribution in [2.24, 2.45) is 35.0 Å². The van der Waals surface area contributed by atoms with Crippen LogP contribution in [0.5, 0.6) is 0 Å². The number of carbonyl (C=O) groups excluding carboxylic acids is 7. The maximum absolute atomic E-state index is 14.4. The highest BCUT2D eigenvalue weighted by atomic mass is 16.5. The normalized spacial score (nSPS) is 23.1. The summed E-state index contributed by atoms with van der Waals surface area (Å²) in [6.07, 6.45) is 3.68. The molecule has 54 heavy (non-hydrogen) atoms. The van der Waals surface area contributed by atoms with Gasteiger partial charge in [0.15, 0.2) is 0 Å². The molecule has 0 radical (unpaired) electrons. The molecule has 1 aromatic rings. The van der Waals surface area contributed by atoms with Crippen LogP contribution in [0.1, 0.15) is 91.7 Å². The predicted molar refractivity (Wildman–Crippen MR) is 201 cm³/mol. The van der Waals surface area contributed by atoms with E-state index in [1.165, 1.54) is 4.90 Å². The zero-order valence-electron chi connectivity index (χ0n) is 33.1. The molecule has 4 N–H and O–H groups in total. The summed E-state index contributed by atoms with van der Waals surface area (Å²) in [4.78, 5) is 97.2. The van der Waals surface area contributed by atoms with Gasteiger partial charge in [0.25, 0.3) is 5.91 Å². The Kier molecular flexibility index (Phi) is 14.3. The van der Waals surface area contributed by atoms with E-state index < -0.39 is 65.7 Å². The van der Waals surface area contributed by atoms with Crippen LogP contribution in [0.15, 0.2) is 30.3 Å². The van der Waals surface area contributed by atoms with E-state index in [0.29, 0.717) is 30.9 Å². The number of fused-ring (bicyclic) bond motifs is 5. The van der Waals surface area contributed by atoms with Gasteiger partial charge in [-0.05, 0) is 66.3 Å². The Balaban J connectivity index is 1.49. The molecule has 8 atom stereocenters. The highest BCUT2D eigenvalue weighted by Gasteiger charge is 2.60. The summed E-state index contributed by atoms with van der Waals surface area (Å²) in [6.45, 7) is 11.3. The van der Waals surface area contributed by atoms with E-state index in [-0.39, 0.29) is 48.5 Å². The molecule has 0 aromatic heterocycles. The Morgan fingerprint density at radius 2 is 1.61 bits per heavy atom. The van der Waals surface area contributed by atoms with Gasteiger partial charge < -0.3 is 35.8 Å². The Labute approximate surface area is 319 Å². The molecular weight excluding hydrogens is 692 g/mol. The van der Waals surface area contributed by atoms with Crippen molar-refractivity contribution in [1.29, 1.82) is 0 Å². The highest BCUT2D eigenvalue weighted by Crippen LogP contribution is 2.57. The number of alkyl carbamates (subject to hydrolysis) is 1. The zero-order chi connectivity index (χ0) is 39.9. The van der Waals surface area contributed by atoms with Gasteiger partial charge in [0.2, 0.25) is 29.4 Å². The van der Waals surface area contributed by atoms with Crippen LogP contribution in [0.4, 0.5) is 4.79 Å². The first-order valence-electron chi connectivity index (χ1n) is 19.4. The summed E-state index contributed by atoms with van der Waals surface area (Å²) in [7, 11) is 3.14. The van der Waals surface area contributed by atoms with Crippen molar-refractivity contribution < 1.29 is 38.3 Å². The number of nitrogens with zero attached hydrogens (tertiary/aromatic N) is 2. The molecule has 2 bridgehead atoms. The molecule has 0 spiro atoms. The Hall–Kier alpha value is -4.49. The number of likely N-dealkylation sites (tertiary alicyclic amines) is 1. The molecular formula is C40H60N6O8. The fourth-order valence-electron chi connectivity index (χ4n) is 8.27. The van der Waals surface area contributed by atoms with Crippen LogP contribution in [-0.4, -0.2) is 103 Å². The number of amides is 6. The lowest BCUT2D eigenvalue weighted by Gasteiger charge is -2.37. The molecule has 14 heteroatoms. The lowest BCUT2D eigenvalue weighted by atomic mass is 9.78. The first kappa shape index (κ1) is 42.3. The summed E-state index contributed by atoms with van der Waals surface area (Å²) < 4.78 is 5.35. The van der Waals surface area contributed by atoms with Gasteiger partial charge in [0.05, 0.1) is 19.2 Å². The number of Topliss-reactive ketones (excluding diaryl/α,β-unsaturated/α-hetero) is 1. The minimum Gasteiger partial charge on any atom is -0.449 e. The Bertz CT molecular complexity index is 1540. The topological polar surface area (TPSA) is 183 Å². The molecule has 298 valence electrons. The molecule has 2 saturated carbocycles. The van der Waals surface area contributed by atoms with Gasteiger partial charge in [0.1, 0.15) is 18.1 Å². The second-order valence-corrected chi connectivity index (χ2v) is 16.8. The third-order valence-corrected chi connectivity index (χ3v) is 11.0. The van der Waals surface area contributed by atoms with E-state index in [0.717, 1.165) is 19.3 Å². The van der Waals surface area contributed by atoms with Gasteiger partial charge in [-0.3, -0.25) is 28.8 Å². The Morgan fingerprint density at radius 1 is 0.944 bits per heavy atom. The number of benzene rings is 1. The molecule has 4 rings (SSSR count). The molecule has 14 nitrogen and oxygen atoms in total. The molecule has 1 aromatic carbocycles. The van der Waals surface area contributed by atoms with E-state index >= 15 is 0 Å². The van der Waals surface area contributed by atoms with Crippen molar-refractivity contribution >= 4 is 41.4 Å². The summed E-state index contributed by atoms with van der Waals surface area (Å²) in [6, 6.07) is 4.63.